The molecule has 1 aliphatic rings. The molecule has 1 aromatic heterocycles. The molecule has 1 aliphatic heterocycles. The van der Waals surface area contributed by atoms with Crippen LogP contribution in [0.5, 0.6) is 0 Å². The van der Waals surface area contributed by atoms with Crippen LogP contribution in [-0.2, 0) is 0 Å². The minimum Gasteiger partial charge on any atom is -0.354 e. The van der Waals surface area contributed by atoms with Crippen LogP contribution in [0.25, 0.3) is 0 Å². The van der Waals surface area contributed by atoms with Gasteiger partial charge in [0.2, 0.25) is 0 Å². The quantitative estimate of drug-likeness (QED) is 0.775. The molecule has 1 fully saturated rings. The average Bonchev–Trinajstić information content (AvgIpc) is 2.78. The van der Waals surface area contributed by atoms with Crippen molar-refractivity contribution in [3.8, 4) is 6.07 Å². The maximum absolute atomic E-state index is 9.00. The van der Waals surface area contributed by atoms with E-state index in [0.29, 0.717) is 5.56 Å². The smallest absolute Gasteiger partial charge is 0.169 e. The molecule has 4 heteroatoms. The van der Waals surface area contributed by atoms with Crippen molar-refractivity contribution in [2.75, 3.05) is 18.0 Å². The van der Waals surface area contributed by atoms with Gasteiger partial charge in [-0.1, -0.05) is 13.3 Å². The van der Waals surface area contributed by atoms with E-state index in [2.05, 4.69) is 28.1 Å². The minimum atomic E-state index is 0.632. The first-order valence-electron chi connectivity index (χ1n) is 5.82. The fraction of sp³-hybridized carbons (Fsp3) is 0.583. The Morgan fingerprint density at radius 2 is 2.50 bits per heavy atom. The van der Waals surface area contributed by atoms with E-state index in [4.69, 9.17) is 5.26 Å². The second kappa shape index (κ2) is 4.93. The standard InChI is InChI=1S/C12H16N4/c1-2-3-10-5-7-16(9-10)12-11(8-13)4-6-14-15-12/h4,6,10H,2-3,5,7,9H2,1H3. The summed E-state index contributed by atoms with van der Waals surface area (Å²) in [7, 11) is 0. The number of aromatic nitrogens is 2. The van der Waals surface area contributed by atoms with Crippen LogP contribution in [0.4, 0.5) is 5.82 Å². The molecule has 84 valence electrons. The lowest BCUT2D eigenvalue weighted by Gasteiger charge is -2.17. The summed E-state index contributed by atoms with van der Waals surface area (Å²) < 4.78 is 0. The molecule has 16 heavy (non-hydrogen) atoms. The fourth-order valence-corrected chi connectivity index (χ4v) is 2.31. The summed E-state index contributed by atoms with van der Waals surface area (Å²) >= 11 is 0. The van der Waals surface area contributed by atoms with Gasteiger partial charge in [-0.05, 0) is 24.8 Å². The molecule has 0 N–H and O–H groups in total. The molecule has 0 aromatic carbocycles. The van der Waals surface area contributed by atoms with E-state index in [1.807, 2.05) is 0 Å². The molecule has 1 atom stereocenters. The molecule has 0 amide bonds. The Morgan fingerprint density at radius 1 is 1.62 bits per heavy atom. The van der Waals surface area contributed by atoms with Crippen molar-refractivity contribution >= 4 is 5.82 Å². The van der Waals surface area contributed by atoms with E-state index in [-0.39, 0.29) is 0 Å². The van der Waals surface area contributed by atoms with Crippen LogP contribution in [0.3, 0.4) is 0 Å². The lowest BCUT2D eigenvalue weighted by Crippen LogP contribution is -2.22. The predicted octanol–water partition coefficient (Wildman–Crippen LogP) is 1.97. The van der Waals surface area contributed by atoms with Crippen LogP contribution in [0.2, 0.25) is 0 Å². The van der Waals surface area contributed by atoms with Gasteiger partial charge in [0.1, 0.15) is 6.07 Å². The zero-order chi connectivity index (χ0) is 11.4. The Bertz CT molecular complexity index is 396. The van der Waals surface area contributed by atoms with E-state index in [1.54, 1.807) is 12.3 Å². The van der Waals surface area contributed by atoms with Crippen molar-refractivity contribution in [2.45, 2.75) is 26.2 Å². The number of rotatable bonds is 3. The van der Waals surface area contributed by atoms with Crippen LogP contribution in [0.15, 0.2) is 12.3 Å². The lowest BCUT2D eigenvalue weighted by molar-refractivity contribution is 0.529. The van der Waals surface area contributed by atoms with E-state index < -0.39 is 0 Å². The van der Waals surface area contributed by atoms with Gasteiger partial charge in [0.25, 0.3) is 0 Å². The Labute approximate surface area is 95.9 Å². The largest absolute Gasteiger partial charge is 0.354 e. The molecule has 1 unspecified atom stereocenters. The van der Waals surface area contributed by atoms with Crippen LogP contribution < -0.4 is 4.90 Å². The van der Waals surface area contributed by atoms with E-state index in [1.165, 1.54) is 19.3 Å². The predicted molar refractivity (Wildman–Crippen MR) is 62.0 cm³/mol. The molecule has 0 aliphatic carbocycles. The summed E-state index contributed by atoms with van der Waals surface area (Å²) in [5, 5.41) is 16.9. The number of nitriles is 1. The number of anilines is 1. The Morgan fingerprint density at radius 3 is 3.25 bits per heavy atom. The van der Waals surface area contributed by atoms with Crippen molar-refractivity contribution in [1.29, 1.82) is 5.26 Å². The maximum atomic E-state index is 9.00. The molecule has 0 saturated carbocycles. The second-order valence-corrected chi connectivity index (χ2v) is 4.27. The Balaban J connectivity index is 2.12. The van der Waals surface area contributed by atoms with Gasteiger partial charge >= 0.3 is 0 Å². The van der Waals surface area contributed by atoms with Gasteiger partial charge in [0.05, 0.1) is 11.8 Å². The van der Waals surface area contributed by atoms with Gasteiger partial charge in [0, 0.05) is 13.1 Å². The van der Waals surface area contributed by atoms with E-state index in [0.717, 1.165) is 24.8 Å². The van der Waals surface area contributed by atoms with Crippen molar-refractivity contribution in [3.05, 3.63) is 17.8 Å². The molecule has 0 bridgehead atoms. The van der Waals surface area contributed by atoms with Crippen molar-refractivity contribution in [3.63, 3.8) is 0 Å². The van der Waals surface area contributed by atoms with Gasteiger partial charge in [0.15, 0.2) is 5.82 Å². The molecule has 2 rings (SSSR count). The van der Waals surface area contributed by atoms with Crippen LogP contribution in [-0.4, -0.2) is 23.3 Å². The van der Waals surface area contributed by atoms with Crippen LogP contribution in [0.1, 0.15) is 31.7 Å². The summed E-state index contributed by atoms with van der Waals surface area (Å²) in [4.78, 5) is 2.19. The molecule has 1 aromatic rings. The molecular weight excluding hydrogens is 200 g/mol. The number of hydrogen-bond donors (Lipinski definition) is 0. The Kier molecular flexibility index (Phi) is 3.35. The first kappa shape index (κ1) is 10.9. The van der Waals surface area contributed by atoms with Gasteiger partial charge in [-0.15, -0.1) is 5.10 Å². The zero-order valence-corrected chi connectivity index (χ0v) is 9.56. The van der Waals surface area contributed by atoms with Crippen molar-refractivity contribution in [2.24, 2.45) is 5.92 Å². The molecule has 2 heterocycles. The summed E-state index contributed by atoms with van der Waals surface area (Å²) in [5.41, 5.74) is 0.632. The SMILES string of the molecule is CCCC1CCN(c2nnccc2C#N)C1. The summed E-state index contributed by atoms with van der Waals surface area (Å²) in [6.07, 6.45) is 5.26. The number of hydrogen-bond acceptors (Lipinski definition) is 4. The molecule has 0 radical (unpaired) electrons. The highest BCUT2D eigenvalue weighted by Gasteiger charge is 2.24. The first-order chi connectivity index (χ1) is 7.85. The maximum Gasteiger partial charge on any atom is 0.169 e. The van der Waals surface area contributed by atoms with Gasteiger partial charge < -0.3 is 4.90 Å². The van der Waals surface area contributed by atoms with Crippen LogP contribution >= 0.6 is 0 Å². The normalized spacial score (nSPS) is 19.8. The van der Waals surface area contributed by atoms with Gasteiger partial charge in [-0.25, -0.2) is 0 Å². The first-order valence-corrected chi connectivity index (χ1v) is 5.82. The molecule has 4 nitrogen and oxygen atoms in total. The monoisotopic (exact) mass is 216 g/mol. The average molecular weight is 216 g/mol. The molecule has 1 saturated heterocycles. The lowest BCUT2D eigenvalue weighted by atomic mass is 10.0. The summed E-state index contributed by atoms with van der Waals surface area (Å²) in [6, 6.07) is 3.91. The van der Waals surface area contributed by atoms with Crippen molar-refractivity contribution in [1.82, 2.24) is 10.2 Å². The summed E-state index contributed by atoms with van der Waals surface area (Å²) in [5.74, 6) is 1.50. The number of nitrogens with zero attached hydrogens (tertiary/aromatic N) is 4. The highest BCUT2D eigenvalue weighted by molar-refractivity contribution is 5.53. The summed E-state index contributed by atoms with van der Waals surface area (Å²) in [6.45, 7) is 4.23. The third-order valence-corrected chi connectivity index (χ3v) is 3.10. The minimum absolute atomic E-state index is 0.632. The molecular formula is C12H16N4. The third-order valence-electron chi connectivity index (χ3n) is 3.10. The van der Waals surface area contributed by atoms with E-state index >= 15 is 0 Å². The third kappa shape index (κ3) is 2.13. The van der Waals surface area contributed by atoms with Gasteiger partial charge in [-0.2, -0.15) is 10.4 Å². The Hall–Kier alpha value is -1.63. The highest BCUT2D eigenvalue weighted by atomic mass is 15.3. The topological polar surface area (TPSA) is 52.8 Å². The van der Waals surface area contributed by atoms with Crippen LogP contribution in [0, 0.1) is 17.2 Å². The fourth-order valence-electron chi connectivity index (χ4n) is 2.31. The van der Waals surface area contributed by atoms with Crippen molar-refractivity contribution < 1.29 is 0 Å². The van der Waals surface area contributed by atoms with E-state index in [9.17, 15) is 0 Å². The second-order valence-electron chi connectivity index (χ2n) is 4.27. The molecule has 0 spiro atoms. The zero-order valence-electron chi connectivity index (χ0n) is 9.56. The highest BCUT2D eigenvalue weighted by Crippen LogP contribution is 2.26. The van der Waals surface area contributed by atoms with Gasteiger partial charge in [-0.3, -0.25) is 0 Å².